The number of aryl methyl sites for hydroxylation is 1. The van der Waals surface area contributed by atoms with Gasteiger partial charge in [0, 0.05) is 12.1 Å². The molecule has 0 radical (unpaired) electrons. The Kier molecular flexibility index (Phi) is 4.33. The minimum absolute atomic E-state index is 0.0277. The highest BCUT2D eigenvalue weighted by Gasteiger charge is 2.23. The van der Waals surface area contributed by atoms with Gasteiger partial charge in [-0.05, 0) is 30.0 Å². The van der Waals surface area contributed by atoms with Crippen LogP contribution >= 0.6 is 0 Å². The minimum Gasteiger partial charge on any atom is -0.481 e. The molecule has 0 saturated heterocycles. The number of hydrogen-bond acceptors (Lipinski definition) is 3. The van der Waals surface area contributed by atoms with Crippen molar-refractivity contribution in [2.75, 3.05) is 0 Å². The first-order chi connectivity index (χ1) is 9.99. The largest absolute Gasteiger partial charge is 0.481 e. The van der Waals surface area contributed by atoms with Crippen LogP contribution in [0.25, 0.3) is 0 Å². The molecule has 108 valence electrons. The van der Waals surface area contributed by atoms with Crippen LogP contribution in [0.5, 0.6) is 0 Å². The summed E-state index contributed by atoms with van der Waals surface area (Å²) in [6.45, 7) is 1.70. The fourth-order valence-corrected chi connectivity index (χ4v) is 2.34. The lowest BCUT2D eigenvalue weighted by Crippen LogP contribution is -2.15. The van der Waals surface area contributed by atoms with Gasteiger partial charge in [0.25, 0.3) is 5.69 Å². The summed E-state index contributed by atoms with van der Waals surface area (Å²) in [6.07, 6.45) is 0.356. The Hall–Kier alpha value is -2.69. The summed E-state index contributed by atoms with van der Waals surface area (Å²) >= 11 is 0. The smallest absolute Gasteiger partial charge is 0.311 e. The molecule has 2 aromatic rings. The van der Waals surface area contributed by atoms with Gasteiger partial charge in [-0.1, -0.05) is 36.4 Å². The molecule has 5 nitrogen and oxygen atoms in total. The lowest BCUT2D eigenvalue weighted by molar-refractivity contribution is -0.384. The summed E-state index contributed by atoms with van der Waals surface area (Å²) in [5, 5.41) is 20.2. The number of nitro benzene ring substituents is 1. The number of carboxylic acids is 1. The highest BCUT2D eigenvalue weighted by Crippen LogP contribution is 2.27. The molecule has 2 aromatic carbocycles. The molecule has 1 N–H and O–H groups in total. The number of non-ortho nitro benzene ring substituents is 1. The molecular formula is C16H15NO4. The van der Waals surface area contributed by atoms with E-state index in [1.165, 1.54) is 18.2 Å². The predicted octanol–water partition coefficient (Wildman–Crippen LogP) is 3.31. The van der Waals surface area contributed by atoms with Gasteiger partial charge in [-0.15, -0.1) is 0 Å². The summed E-state index contributed by atoms with van der Waals surface area (Å²) in [5.74, 6) is -1.65. The van der Waals surface area contributed by atoms with E-state index in [1.54, 1.807) is 6.92 Å². The van der Waals surface area contributed by atoms with Gasteiger partial charge in [-0.25, -0.2) is 0 Å². The van der Waals surface area contributed by atoms with Gasteiger partial charge in [-0.3, -0.25) is 14.9 Å². The Morgan fingerprint density at radius 3 is 2.43 bits per heavy atom. The van der Waals surface area contributed by atoms with Crippen LogP contribution in [0.2, 0.25) is 0 Å². The summed E-state index contributed by atoms with van der Waals surface area (Å²) in [5.41, 5.74) is 2.12. The maximum Gasteiger partial charge on any atom is 0.311 e. The topological polar surface area (TPSA) is 80.4 Å². The third kappa shape index (κ3) is 3.45. The van der Waals surface area contributed by atoms with E-state index in [2.05, 4.69) is 0 Å². The number of rotatable bonds is 5. The average molecular weight is 285 g/mol. The standard InChI is InChI=1S/C16H15NO4/c1-11-9-13(17(20)21)7-8-14(11)15(16(18)19)10-12-5-3-2-4-6-12/h2-9,15H,10H2,1H3,(H,18,19). The zero-order valence-corrected chi connectivity index (χ0v) is 11.5. The number of carbonyl (C=O) groups is 1. The Morgan fingerprint density at radius 2 is 1.90 bits per heavy atom. The highest BCUT2D eigenvalue weighted by atomic mass is 16.6. The fourth-order valence-electron chi connectivity index (χ4n) is 2.34. The summed E-state index contributed by atoms with van der Waals surface area (Å²) < 4.78 is 0. The number of aliphatic carboxylic acids is 1. The maximum absolute atomic E-state index is 11.5. The summed E-state index contributed by atoms with van der Waals surface area (Å²) in [6, 6.07) is 13.6. The molecular weight excluding hydrogens is 270 g/mol. The molecule has 5 heteroatoms. The first-order valence-electron chi connectivity index (χ1n) is 6.50. The van der Waals surface area contributed by atoms with Gasteiger partial charge in [0.05, 0.1) is 10.8 Å². The van der Waals surface area contributed by atoms with E-state index >= 15 is 0 Å². The summed E-state index contributed by atoms with van der Waals surface area (Å²) in [7, 11) is 0. The van der Waals surface area contributed by atoms with E-state index in [-0.39, 0.29) is 5.69 Å². The zero-order chi connectivity index (χ0) is 15.4. The van der Waals surface area contributed by atoms with Crippen LogP contribution in [0.3, 0.4) is 0 Å². The van der Waals surface area contributed by atoms with Crippen LogP contribution in [0.1, 0.15) is 22.6 Å². The van der Waals surface area contributed by atoms with Crippen molar-refractivity contribution in [1.29, 1.82) is 0 Å². The predicted molar refractivity (Wildman–Crippen MR) is 78.4 cm³/mol. The van der Waals surface area contributed by atoms with Crippen molar-refractivity contribution in [1.82, 2.24) is 0 Å². The molecule has 0 aliphatic rings. The lowest BCUT2D eigenvalue weighted by atomic mass is 9.89. The zero-order valence-electron chi connectivity index (χ0n) is 11.5. The van der Waals surface area contributed by atoms with Crippen LogP contribution in [0.4, 0.5) is 5.69 Å². The van der Waals surface area contributed by atoms with Gasteiger partial charge < -0.3 is 5.11 Å². The molecule has 0 aliphatic carbocycles. The average Bonchev–Trinajstić information content (AvgIpc) is 2.46. The van der Waals surface area contributed by atoms with Crippen LogP contribution in [-0.2, 0) is 11.2 Å². The quantitative estimate of drug-likeness (QED) is 0.675. The number of nitrogens with zero attached hydrogens (tertiary/aromatic N) is 1. The molecule has 21 heavy (non-hydrogen) atoms. The van der Waals surface area contributed by atoms with Crippen LogP contribution < -0.4 is 0 Å². The molecule has 2 rings (SSSR count). The molecule has 0 amide bonds. The fraction of sp³-hybridized carbons (Fsp3) is 0.188. The van der Waals surface area contributed by atoms with Crippen molar-refractivity contribution >= 4 is 11.7 Å². The molecule has 0 spiro atoms. The lowest BCUT2D eigenvalue weighted by Gasteiger charge is -2.15. The molecule has 1 unspecified atom stereocenters. The highest BCUT2D eigenvalue weighted by molar-refractivity contribution is 5.77. The number of nitro groups is 1. The van der Waals surface area contributed by atoms with Crippen LogP contribution in [0.15, 0.2) is 48.5 Å². The van der Waals surface area contributed by atoms with Gasteiger partial charge in [0.1, 0.15) is 0 Å². The van der Waals surface area contributed by atoms with Crippen molar-refractivity contribution in [3.05, 3.63) is 75.3 Å². The van der Waals surface area contributed by atoms with E-state index in [0.717, 1.165) is 5.56 Å². The number of benzene rings is 2. The molecule has 0 fully saturated rings. The Morgan fingerprint density at radius 1 is 1.24 bits per heavy atom. The Labute approximate surface area is 122 Å². The van der Waals surface area contributed by atoms with E-state index in [9.17, 15) is 20.0 Å². The molecule has 0 heterocycles. The van der Waals surface area contributed by atoms with E-state index < -0.39 is 16.8 Å². The first-order valence-corrected chi connectivity index (χ1v) is 6.50. The molecule has 0 bridgehead atoms. The van der Waals surface area contributed by atoms with Gasteiger partial charge in [0.15, 0.2) is 0 Å². The Bertz CT molecular complexity index is 667. The first kappa shape index (κ1) is 14.7. The van der Waals surface area contributed by atoms with Crippen molar-refractivity contribution in [3.63, 3.8) is 0 Å². The van der Waals surface area contributed by atoms with Crippen molar-refractivity contribution in [2.24, 2.45) is 0 Å². The van der Waals surface area contributed by atoms with Gasteiger partial charge in [-0.2, -0.15) is 0 Å². The minimum atomic E-state index is -0.934. The van der Waals surface area contributed by atoms with E-state index in [0.29, 0.717) is 17.5 Å². The second-order valence-corrected chi connectivity index (χ2v) is 4.88. The number of hydrogen-bond donors (Lipinski definition) is 1. The van der Waals surface area contributed by atoms with Crippen molar-refractivity contribution in [2.45, 2.75) is 19.3 Å². The monoisotopic (exact) mass is 285 g/mol. The van der Waals surface area contributed by atoms with Gasteiger partial charge in [0.2, 0.25) is 0 Å². The molecule has 0 aliphatic heterocycles. The molecule has 1 atom stereocenters. The summed E-state index contributed by atoms with van der Waals surface area (Å²) in [4.78, 5) is 21.8. The van der Waals surface area contributed by atoms with E-state index in [1.807, 2.05) is 30.3 Å². The van der Waals surface area contributed by atoms with Crippen LogP contribution in [0, 0.1) is 17.0 Å². The third-order valence-electron chi connectivity index (χ3n) is 3.42. The second kappa shape index (κ2) is 6.17. The molecule has 0 saturated carbocycles. The maximum atomic E-state index is 11.5. The third-order valence-corrected chi connectivity index (χ3v) is 3.42. The Balaban J connectivity index is 2.35. The second-order valence-electron chi connectivity index (χ2n) is 4.88. The molecule has 0 aromatic heterocycles. The van der Waals surface area contributed by atoms with E-state index in [4.69, 9.17) is 0 Å². The van der Waals surface area contributed by atoms with Gasteiger partial charge >= 0.3 is 5.97 Å². The number of carboxylic acid groups (broad SMARTS) is 1. The van der Waals surface area contributed by atoms with Crippen LogP contribution in [-0.4, -0.2) is 16.0 Å². The normalized spacial score (nSPS) is 11.9. The van der Waals surface area contributed by atoms with Crippen molar-refractivity contribution < 1.29 is 14.8 Å². The van der Waals surface area contributed by atoms with Crippen molar-refractivity contribution in [3.8, 4) is 0 Å². The SMILES string of the molecule is Cc1cc([N+](=O)[O-])ccc1C(Cc1ccccc1)C(=O)O.